The summed E-state index contributed by atoms with van der Waals surface area (Å²) >= 11 is 0. The summed E-state index contributed by atoms with van der Waals surface area (Å²) in [4.78, 5) is 10.4. The van der Waals surface area contributed by atoms with E-state index in [1.807, 2.05) is 0 Å². The van der Waals surface area contributed by atoms with Crippen LogP contribution in [0.2, 0.25) is 0 Å². The van der Waals surface area contributed by atoms with Gasteiger partial charge < -0.3 is 0 Å². The third kappa shape index (κ3) is 1.53. The van der Waals surface area contributed by atoms with Gasteiger partial charge in [0.25, 0.3) is 0 Å². The molecular weight excluding hydrogens is 184 g/mol. The number of rotatable bonds is 1. The lowest BCUT2D eigenvalue weighted by Crippen LogP contribution is -2.52. The van der Waals surface area contributed by atoms with Crippen molar-refractivity contribution in [3.05, 3.63) is 10.4 Å². The number of guanidine groups is 1. The molecule has 1 aliphatic heterocycles. The molecule has 0 aromatic rings. The maximum absolute atomic E-state index is 8.23. The van der Waals surface area contributed by atoms with Gasteiger partial charge >= 0.3 is 0 Å². The molecular formula is C6H10N8. The number of hydrogen-bond acceptors (Lipinski definition) is 6. The maximum Gasteiger partial charge on any atom is 0.216 e. The van der Waals surface area contributed by atoms with Crippen LogP contribution < -0.4 is 11.6 Å². The monoisotopic (exact) mass is 194 g/mol. The van der Waals surface area contributed by atoms with Crippen LogP contribution in [0.25, 0.3) is 10.4 Å². The zero-order chi connectivity index (χ0) is 10.1. The van der Waals surface area contributed by atoms with Gasteiger partial charge in [-0.2, -0.15) is 0 Å². The smallest absolute Gasteiger partial charge is 0.216 e. The van der Waals surface area contributed by atoms with Crippen LogP contribution in [0.3, 0.4) is 0 Å². The van der Waals surface area contributed by atoms with E-state index < -0.39 is 6.29 Å². The number of azide groups is 1. The molecule has 1 fully saturated rings. The summed E-state index contributed by atoms with van der Waals surface area (Å²) < 4.78 is 0. The van der Waals surface area contributed by atoms with Gasteiger partial charge in [0, 0.05) is 10.8 Å². The lowest BCUT2D eigenvalue weighted by atomic mass is 10.3. The summed E-state index contributed by atoms with van der Waals surface area (Å²) in [6.07, 6.45) is 1.38. The van der Waals surface area contributed by atoms with Crippen LogP contribution in [0.15, 0.2) is 15.1 Å². The quantitative estimate of drug-likeness (QED) is 0.261. The second-order valence-electron chi connectivity index (χ2n) is 3.18. The maximum atomic E-state index is 8.23. The van der Waals surface area contributed by atoms with E-state index in [1.54, 1.807) is 0 Å². The minimum Gasteiger partial charge on any atom is -0.291 e. The Kier molecular flexibility index (Phi) is 2.08. The molecule has 74 valence electrons. The Morgan fingerprint density at radius 1 is 1.57 bits per heavy atom. The summed E-state index contributed by atoms with van der Waals surface area (Å²) in [7, 11) is 0. The molecule has 0 bridgehead atoms. The number of amidine groups is 1. The van der Waals surface area contributed by atoms with E-state index in [0.717, 1.165) is 12.8 Å². The fourth-order valence-electron chi connectivity index (χ4n) is 1.24. The normalized spacial score (nSPS) is 26.4. The van der Waals surface area contributed by atoms with Gasteiger partial charge in [-0.1, -0.05) is 0 Å². The molecule has 0 aromatic heterocycles. The Hall–Kier alpha value is -1.63. The minimum atomic E-state index is -0.705. The molecule has 0 saturated heterocycles. The molecule has 1 aliphatic carbocycles. The van der Waals surface area contributed by atoms with Crippen molar-refractivity contribution in [2.45, 2.75) is 19.1 Å². The summed E-state index contributed by atoms with van der Waals surface area (Å²) in [5.41, 5.74) is 13.8. The minimum absolute atomic E-state index is 0.0589. The molecule has 0 amide bonds. The topological polar surface area (TPSA) is 129 Å². The highest BCUT2D eigenvalue weighted by molar-refractivity contribution is 5.99. The van der Waals surface area contributed by atoms with Crippen molar-refractivity contribution in [1.29, 1.82) is 0 Å². The standard InChI is InChI=1S/C6H10N8/c7-5-11-6(12-13-8)10-4(14(5)9)3-1-2-3/h3,5H,1-2,7,9H2. The van der Waals surface area contributed by atoms with Gasteiger partial charge in [0.1, 0.15) is 5.84 Å². The first-order valence-corrected chi connectivity index (χ1v) is 4.23. The molecule has 2 rings (SSSR count). The van der Waals surface area contributed by atoms with E-state index in [0.29, 0.717) is 11.8 Å². The van der Waals surface area contributed by atoms with E-state index in [9.17, 15) is 0 Å². The van der Waals surface area contributed by atoms with Crippen LogP contribution in [0.4, 0.5) is 0 Å². The van der Waals surface area contributed by atoms with Crippen molar-refractivity contribution in [2.75, 3.05) is 0 Å². The number of hydrazine groups is 1. The first-order valence-electron chi connectivity index (χ1n) is 4.23. The third-order valence-corrected chi connectivity index (χ3v) is 2.09. The molecule has 14 heavy (non-hydrogen) atoms. The van der Waals surface area contributed by atoms with Gasteiger partial charge in [-0.25, -0.2) is 15.8 Å². The molecule has 1 saturated carbocycles. The Bertz CT molecular complexity index is 347. The van der Waals surface area contributed by atoms with Crippen LogP contribution in [0, 0.1) is 5.92 Å². The molecule has 1 heterocycles. The van der Waals surface area contributed by atoms with E-state index >= 15 is 0 Å². The zero-order valence-corrected chi connectivity index (χ0v) is 7.41. The highest BCUT2D eigenvalue weighted by atomic mass is 15.6. The number of hydrogen-bond donors (Lipinski definition) is 2. The van der Waals surface area contributed by atoms with Crippen molar-refractivity contribution in [3.63, 3.8) is 0 Å². The van der Waals surface area contributed by atoms with Crippen LogP contribution in [-0.4, -0.2) is 23.1 Å². The zero-order valence-electron chi connectivity index (χ0n) is 7.41. The van der Waals surface area contributed by atoms with Gasteiger partial charge in [0.05, 0.1) is 0 Å². The van der Waals surface area contributed by atoms with Crippen molar-refractivity contribution < 1.29 is 0 Å². The van der Waals surface area contributed by atoms with Gasteiger partial charge in [0.15, 0.2) is 6.29 Å². The number of nitrogens with two attached hydrogens (primary N) is 2. The van der Waals surface area contributed by atoms with Crippen molar-refractivity contribution in [1.82, 2.24) is 5.01 Å². The van der Waals surface area contributed by atoms with E-state index in [2.05, 4.69) is 20.0 Å². The Morgan fingerprint density at radius 2 is 2.29 bits per heavy atom. The van der Waals surface area contributed by atoms with Gasteiger partial charge in [-0.3, -0.25) is 10.7 Å². The van der Waals surface area contributed by atoms with Crippen molar-refractivity contribution in [2.24, 2.45) is 32.6 Å². The molecule has 8 nitrogen and oxygen atoms in total. The molecule has 1 unspecified atom stereocenters. The highest BCUT2D eigenvalue weighted by Gasteiger charge is 2.34. The van der Waals surface area contributed by atoms with E-state index in [1.165, 1.54) is 5.01 Å². The second-order valence-corrected chi connectivity index (χ2v) is 3.18. The molecule has 4 N–H and O–H groups in total. The van der Waals surface area contributed by atoms with Crippen LogP contribution in [0.1, 0.15) is 12.8 Å². The molecule has 0 radical (unpaired) electrons. The SMILES string of the molecule is [N-]=[N+]=NC1=NC(N)N(N)C(C2CC2)=N1. The largest absolute Gasteiger partial charge is 0.291 e. The van der Waals surface area contributed by atoms with Gasteiger partial charge in [-0.15, -0.1) is 0 Å². The molecule has 0 spiro atoms. The van der Waals surface area contributed by atoms with Crippen LogP contribution in [0.5, 0.6) is 0 Å². The Balaban J connectivity index is 2.28. The fraction of sp³-hybridized carbons (Fsp3) is 0.667. The summed E-state index contributed by atoms with van der Waals surface area (Å²) in [5.74, 6) is 6.72. The predicted molar refractivity (Wildman–Crippen MR) is 50.7 cm³/mol. The predicted octanol–water partition coefficient (Wildman–Crippen LogP) is -0.107. The lowest BCUT2D eigenvalue weighted by molar-refractivity contribution is 0.323. The third-order valence-electron chi connectivity index (χ3n) is 2.09. The summed E-state index contributed by atoms with van der Waals surface area (Å²) in [6.45, 7) is 0. The van der Waals surface area contributed by atoms with Gasteiger partial charge in [-0.05, 0) is 23.5 Å². The van der Waals surface area contributed by atoms with E-state index in [4.69, 9.17) is 17.1 Å². The molecule has 0 aromatic carbocycles. The Morgan fingerprint density at radius 3 is 2.86 bits per heavy atom. The number of nitrogens with zero attached hydrogens (tertiary/aromatic N) is 6. The molecule has 2 aliphatic rings. The first-order chi connectivity index (χ1) is 6.72. The van der Waals surface area contributed by atoms with Gasteiger partial charge in [0.2, 0.25) is 5.96 Å². The Labute approximate surface area is 79.9 Å². The fourth-order valence-corrected chi connectivity index (χ4v) is 1.24. The van der Waals surface area contributed by atoms with Crippen LogP contribution >= 0.6 is 0 Å². The average molecular weight is 194 g/mol. The van der Waals surface area contributed by atoms with Crippen LogP contribution in [-0.2, 0) is 0 Å². The summed E-state index contributed by atoms with van der Waals surface area (Å²) in [5, 5.41) is 4.62. The highest BCUT2D eigenvalue weighted by Crippen LogP contribution is 2.32. The number of aliphatic imine (C=N–C) groups is 2. The average Bonchev–Trinajstić information content (AvgIpc) is 2.94. The first kappa shape index (κ1) is 8.95. The second kappa shape index (κ2) is 3.26. The van der Waals surface area contributed by atoms with Crippen molar-refractivity contribution >= 4 is 11.8 Å². The van der Waals surface area contributed by atoms with Crippen molar-refractivity contribution in [3.8, 4) is 0 Å². The molecule has 8 heteroatoms. The van der Waals surface area contributed by atoms with E-state index in [-0.39, 0.29) is 5.96 Å². The molecule has 1 atom stereocenters. The lowest BCUT2D eigenvalue weighted by Gasteiger charge is -2.27. The summed E-state index contributed by atoms with van der Waals surface area (Å²) in [6, 6.07) is 0.